The van der Waals surface area contributed by atoms with Gasteiger partial charge in [0, 0.05) is 21.8 Å². The van der Waals surface area contributed by atoms with Crippen LogP contribution in [0.1, 0.15) is 69.6 Å². The van der Waals surface area contributed by atoms with E-state index in [-0.39, 0.29) is 5.54 Å². The third kappa shape index (κ3) is 4.60. The monoisotopic (exact) mass is 293 g/mol. The molecule has 1 aromatic heterocycles. The molecule has 2 rings (SSSR count). The summed E-state index contributed by atoms with van der Waals surface area (Å²) in [5.74, 6) is 0. The fraction of sp³-hybridized carbons (Fsp3) is 0.778. The summed E-state index contributed by atoms with van der Waals surface area (Å²) in [5, 5.41) is 3.78. The van der Waals surface area contributed by atoms with Crippen LogP contribution in [0.4, 0.5) is 0 Å². The van der Waals surface area contributed by atoms with E-state index in [2.05, 4.69) is 45.1 Å². The molecule has 114 valence electrons. The van der Waals surface area contributed by atoms with E-state index < -0.39 is 0 Å². The molecule has 0 radical (unpaired) electrons. The fourth-order valence-corrected chi connectivity index (χ4v) is 4.38. The molecule has 0 atom stereocenters. The van der Waals surface area contributed by atoms with Crippen LogP contribution in [0.5, 0.6) is 0 Å². The lowest BCUT2D eigenvalue weighted by Crippen LogP contribution is -2.45. The van der Waals surface area contributed by atoms with E-state index in [1.807, 2.05) is 11.3 Å². The second-order valence-electron chi connectivity index (χ2n) is 7.56. The van der Waals surface area contributed by atoms with Gasteiger partial charge in [-0.15, -0.1) is 11.3 Å². The molecular weight excluding hydrogens is 262 g/mol. The Morgan fingerprint density at radius 3 is 2.30 bits per heavy atom. The minimum Gasteiger partial charge on any atom is -0.312 e. The summed E-state index contributed by atoms with van der Waals surface area (Å²) in [7, 11) is 0. The molecule has 1 fully saturated rings. The first-order valence-corrected chi connectivity index (χ1v) is 9.07. The second-order valence-corrected chi connectivity index (χ2v) is 8.82. The highest BCUT2D eigenvalue weighted by molar-refractivity contribution is 7.11. The van der Waals surface area contributed by atoms with E-state index in [9.17, 15) is 0 Å². The molecule has 1 aliphatic carbocycles. The van der Waals surface area contributed by atoms with Crippen molar-refractivity contribution in [2.45, 2.75) is 78.2 Å². The normalized spacial score (nSPS) is 19.2. The zero-order valence-corrected chi connectivity index (χ0v) is 14.5. The highest BCUT2D eigenvalue weighted by Crippen LogP contribution is 2.40. The molecule has 0 unspecified atom stereocenters. The third-order valence-electron chi connectivity index (χ3n) is 4.52. The number of rotatable bonds is 5. The SMILES string of the molecule is CCc1ccc(CC2(CNC(C)(C)C)CCCCC2)s1. The van der Waals surface area contributed by atoms with Crippen molar-refractivity contribution in [2.75, 3.05) is 6.54 Å². The smallest absolute Gasteiger partial charge is 0.00967 e. The summed E-state index contributed by atoms with van der Waals surface area (Å²) < 4.78 is 0. The molecule has 1 saturated carbocycles. The molecule has 0 bridgehead atoms. The molecule has 1 nitrogen and oxygen atoms in total. The van der Waals surface area contributed by atoms with E-state index in [0.29, 0.717) is 5.41 Å². The molecule has 0 saturated heterocycles. The van der Waals surface area contributed by atoms with E-state index in [4.69, 9.17) is 0 Å². The van der Waals surface area contributed by atoms with Gasteiger partial charge in [0.1, 0.15) is 0 Å². The molecule has 2 heteroatoms. The van der Waals surface area contributed by atoms with Gasteiger partial charge in [0.2, 0.25) is 0 Å². The maximum Gasteiger partial charge on any atom is 0.00967 e. The number of hydrogen-bond acceptors (Lipinski definition) is 2. The van der Waals surface area contributed by atoms with Gasteiger partial charge in [0.25, 0.3) is 0 Å². The summed E-state index contributed by atoms with van der Waals surface area (Å²) >= 11 is 2.03. The molecule has 1 N–H and O–H groups in total. The Hall–Kier alpha value is -0.340. The molecule has 0 aliphatic heterocycles. The predicted molar refractivity (Wildman–Crippen MR) is 90.7 cm³/mol. The highest BCUT2D eigenvalue weighted by Gasteiger charge is 2.33. The average molecular weight is 294 g/mol. The number of nitrogens with one attached hydrogen (secondary N) is 1. The van der Waals surface area contributed by atoms with Crippen molar-refractivity contribution in [1.82, 2.24) is 5.32 Å². The molecule has 1 heterocycles. The van der Waals surface area contributed by atoms with E-state index in [0.717, 1.165) is 0 Å². The zero-order valence-electron chi connectivity index (χ0n) is 13.7. The summed E-state index contributed by atoms with van der Waals surface area (Å²) in [6.45, 7) is 10.3. The summed E-state index contributed by atoms with van der Waals surface area (Å²) in [5.41, 5.74) is 0.732. The van der Waals surface area contributed by atoms with Crippen LogP contribution in [0, 0.1) is 5.41 Å². The van der Waals surface area contributed by atoms with Gasteiger partial charge in [0.15, 0.2) is 0 Å². The maximum absolute atomic E-state index is 3.78. The minimum absolute atomic E-state index is 0.231. The van der Waals surface area contributed by atoms with Gasteiger partial charge >= 0.3 is 0 Å². The Labute approximate surface area is 129 Å². The van der Waals surface area contributed by atoms with Crippen LogP contribution in [0.3, 0.4) is 0 Å². The Bertz CT molecular complexity index is 407. The summed E-state index contributed by atoms with van der Waals surface area (Å²) in [6, 6.07) is 4.70. The molecule has 1 aliphatic rings. The van der Waals surface area contributed by atoms with Crippen LogP contribution in [0.2, 0.25) is 0 Å². The molecular formula is C18H31NS. The van der Waals surface area contributed by atoms with Crippen molar-refractivity contribution in [3.8, 4) is 0 Å². The summed E-state index contributed by atoms with van der Waals surface area (Å²) in [4.78, 5) is 3.13. The lowest BCUT2D eigenvalue weighted by atomic mass is 9.71. The molecule has 0 spiro atoms. The number of hydrogen-bond donors (Lipinski definition) is 1. The average Bonchev–Trinajstić information content (AvgIpc) is 2.84. The lowest BCUT2D eigenvalue weighted by molar-refractivity contribution is 0.166. The van der Waals surface area contributed by atoms with Gasteiger partial charge in [-0.3, -0.25) is 0 Å². The molecule has 0 amide bonds. The number of thiophene rings is 1. The van der Waals surface area contributed by atoms with Gasteiger partial charge < -0.3 is 5.32 Å². The van der Waals surface area contributed by atoms with Gasteiger partial charge in [-0.25, -0.2) is 0 Å². The lowest BCUT2D eigenvalue weighted by Gasteiger charge is -2.39. The Kier molecular flexibility index (Phi) is 5.30. The number of aryl methyl sites for hydroxylation is 1. The van der Waals surface area contributed by atoms with Crippen molar-refractivity contribution in [2.24, 2.45) is 5.41 Å². The predicted octanol–water partition coefficient (Wildman–Crippen LogP) is 5.19. The van der Waals surface area contributed by atoms with E-state index in [1.54, 1.807) is 4.88 Å². The third-order valence-corrected chi connectivity index (χ3v) is 5.75. The van der Waals surface area contributed by atoms with Crippen LogP contribution in [-0.2, 0) is 12.8 Å². The fourth-order valence-electron chi connectivity index (χ4n) is 3.25. The van der Waals surface area contributed by atoms with Crippen LogP contribution in [0.25, 0.3) is 0 Å². The standard InChI is InChI=1S/C18H31NS/c1-5-15-9-10-16(20-15)13-18(11-7-6-8-12-18)14-19-17(2,3)4/h9-10,19H,5-8,11-14H2,1-4H3. The molecule has 20 heavy (non-hydrogen) atoms. The van der Waals surface area contributed by atoms with Crippen LogP contribution < -0.4 is 5.32 Å². The van der Waals surface area contributed by atoms with Crippen molar-refractivity contribution >= 4 is 11.3 Å². The van der Waals surface area contributed by atoms with Crippen molar-refractivity contribution in [1.29, 1.82) is 0 Å². The Morgan fingerprint density at radius 1 is 1.10 bits per heavy atom. The van der Waals surface area contributed by atoms with E-state index in [1.165, 1.54) is 56.4 Å². The van der Waals surface area contributed by atoms with Crippen molar-refractivity contribution in [3.05, 3.63) is 21.9 Å². The van der Waals surface area contributed by atoms with Crippen LogP contribution in [0.15, 0.2) is 12.1 Å². The largest absolute Gasteiger partial charge is 0.312 e. The van der Waals surface area contributed by atoms with Gasteiger partial charge in [0.05, 0.1) is 0 Å². The van der Waals surface area contributed by atoms with Crippen molar-refractivity contribution in [3.63, 3.8) is 0 Å². The molecule has 0 aromatic carbocycles. The minimum atomic E-state index is 0.231. The quantitative estimate of drug-likeness (QED) is 0.787. The second kappa shape index (κ2) is 6.62. The van der Waals surface area contributed by atoms with Gasteiger partial charge in [-0.2, -0.15) is 0 Å². The first-order valence-electron chi connectivity index (χ1n) is 8.25. The maximum atomic E-state index is 3.78. The summed E-state index contributed by atoms with van der Waals surface area (Å²) in [6.07, 6.45) is 9.51. The topological polar surface area (TPSA) is 12.0 Å². The van der Waals surface area contributed by atoms with Gasteiger partial charge in [-0.1, -0.05) is 26.2 Å². The first-order chi connectivity index (χ1) is 9.42. The van der Waals surface area contributed by atoms with Crippen LogP contribution >= 0.6 is 11.3 Å². The Balaban J connectivity index is 2.05. The first kappa shape index (κ1) is 16.0. The van der Waals surface area contributed by atoms with Crippen molar-refractivity contribution < 1.29 is 0 Å². The molecule has 1 aromatic rings. The van der Waals surface area contributed by atoms with Gasteiger partial charge in [-0.05, 0) is 64.0 Å². The zero-order chi connectivity index (χ0) is 14.6. The highest BCUT2D eigenvalue weighted by atomic mass is 32.1. The van der Waals surface area contributed by atoms with E-state index >= 15 is 0 Å². The van der Waals surface area contributed by atoms with Crippen LogP contribution in [-0.4, -0.2) is 12.1 Å². The Morgan fingerprint density at radius 2 is 1.75 bits per heavy atom.